The van der Waals surface area contributed by atoms with E-state index in [1.165, 1.54) is 53.9 Å². The van der Waals surface area contributed by atoms with E-state index in [2.05, 4.69) is 26.2 Å². The Balaban J connectivity index is 0.00000104. The predicted octanol–water partition coefficient (Wildman–Crippen LogP) is 4.00. The van der Waals surface area contributed by atoms with Gasteiger partial charge in [-0.15, -0.1) is 46.3 Å². The van der Waals surface area contributed by atoms with Gasteiger partial charge in [-0.1, -0.05) is 17.8 Å². The maximum atomic E-state index is 12.2. The van der Waals surface area contributed by atoms with Gasteiger partial charge in [-0.25, -0.2) is 0 Å². The molecule has 0 saturated heterocycles. The van der Waals surface area contributed by atoms with Gasteiger partial charge in [0.15, 0.2) is 0 Å². The summed E-state index contributed by atoms with van der Waals surface area (Å²) in [7, 11) is 0. The second kappa shape index (κ2) is 8.10. The molecule has 5 nitrogen and oxygen atoms in total. The molecule has 2 aromatic rings. The van der Waals surface area contributed by atoms with E-state index in [1.54, 1.807) is 0 Å². The lowest BCUT2D eigenvalue weighted by Crippen LogP contribution is -2.37. The Bertz CT molecular complexity index is 701. The number of rotatable bonds is 5. The van der Waals surface area contributed by atoms with Crippen LogP contribution in [0.15, 0.2) is 11.4 Å². The van der Waals surface area contributed by atoms with Crippen LogP contribution in [0.2, 0.25) is 0 Å². The Morgan fingerprint density at radius 3 is 2.71 bits per heavy atom. The summed E-state index contributed by atoms with van der Waals surface area (Å²) in [6.07, 6.45) is 5.20. The van der Waals surface area contributed by atoms with E-state index in [4.69, 9.17) is 0 Å². The highest BCUT2D eigenvalue weighted by Gasteiger charge is 2.40. The summed E-state index contributed by atoms with van der Waals surface area (Å²) in [4.78, 5) is 13.0. The van der Waals surface area contributed by atoms with Crippen LogP contribution in [0, 0.1) is 6.92 Å². The van der Waals surface area contributed by atoms with Crippen molar-refractivity contribution in [2.45, 2.75) is 50.6 Å². The first-order valence-corrected chi connectivity index (χ1v) is 9.34. The summed E-state index contributed by atoms with van der Waals surface area (Å²) >= 11 is 2.90. The van der Waals surface area contributed by atoms with Crippen LogP contribution in [-0.2, 0) is 0 Å². The Labute approximate surface area is 161 Å². The molecule has 2 N–H and O–H groups in total. The fourth-order valence-electron chi connectivity index (χ4n) is 2.80. The molecule has 24 heavy (non-hydrogen) atoms. The monoisotopic (exact) mass is 406 g/mol. The maximum Gasteiger partial charge on any atom is 0.267 e. The number of carbonyl (C=O) groups is 1. The summed E-state index contributed by atoms with van der Waals surface area (Å²) in [6.45, 7) is 1.87. The zero-order chi connectivity index (χ0) is 15.1. The number of carbonyl (C=O) groups excluding carboxylic acids is 1. The van der Waals surface area contributed by atoms with Crippen molar-refractivity contribution in [2.75, 3.05) is 5.32 Å². The summed E-state index contributed by atoms with van der Waals surface area (Å²) in [5.41, 5.74) is 1.29. The third-order valence-electron chi connectivity index (χ3n) is 4.36. The van der Waals surface area contributed by atoms with Crippen molar-refractivity contribution in [2.24, 2.45) is 0 Å². The highest BCUT2D eigenvalue weighted by atomic mass is 35.5. The number of aryl methyl sites for hydroxylation is 1. The van der Waals surface area contributed by atoms with E-state index in [-0.39, 0.29) is 30.7 Å². The van der Waals surface area contributed by atoms with E-state index in [0.29, 0.717) is 17.1 Å². The number of hydrogen-bond donors (Lipinski definition) is 2. The molecular weight excluding hydrogens is 387 g/mol. The second-order valence-corrected chi connectivity index (χ2v) is 8.16. The van der Waals surface area contributed by atoms with Gasteiger partial charge in [0, 0.05) is 18.0 Å². The highest BCUT2D eigenvalue weighted by Crippen LogP contribution is 2.43. The van der Waals surface area contributed by atoms with E-state index >= 15 is 0 Å². The first-order valence-electron chi connectivity index (χ1n) is 7.65. The van der Waals surface area contributed by atoms with Gasteiger partial charge < -0.3 is 5.32 Å². The zero-order valence-electron chi connectivity index (χ0n) is 13.2. The molecule has 2 fully saturated rings. The molecule has 2 aromatic heterocycles. The Morgan fingerprint density at radius 1 is 1.29 bits per heavy atom. The largest absolute Gasteiger partial charge is 0.311 e. The normalized spacial score (nSPS) is 22.0. The number of aromatic nitrogens is 2. The number of nitrogens with one attached hydrogen (secondary N) is 2. The maximum absolute atomic E-state index is 12.2. The molecule has 2 atom stereocenters. The molecule has 132 valence electrons. The lowest BCUT2D eigenvalue weighted by molar-refractivity contribution is 0.103. The van der Waals surface area contributed by atoms with Gasteiger partial charge in [0.05, 0.1) is 4.88 Å². The number of anilines is 1. The van der Waals surface area contributed by atoms with Crippen LogP contribution in [0.1, 0.15) is 51.8 Å². The van der Waals surface area contributed by atoms with Gasteiger partial charge in [0.2, 0.25) is 5.13 Å². The second-order valence-electron chi connectivity index (χ2n) is 6.07. The van der Waals surface area contributed by atoms with Crippen molar-refractivity contribution in [1.29, 1.82) is 0 Å². The Morgan fingerprint density at radius 2 is 2.08 bits per heavy atom. The fraction of sp³-hybridized carbons (Fsp3) is 0.533. The molecule has 0 unspecified atom stereocenters. The average molecular weight is 407 g/mol. The molecule has 0 bridgehead atoms. The van der Waals surface area contributed by atoms with Crippen LogP contribution in [-0.4, -0.2) is 28.2 Å². The standard InChI is InChI=1S/C15H18N4OS2.2ClH/c1-8-18-19-15(22-8)17-14(20)13-5-9(7-21-13)11-6-12(11)16-10-3-2-4-10;;/h5,7,10-12,16H,2-4,6H2,1H3,(H,17,19,20);2*1H/t11-,12+;;/m0../s1. The van der Waals surface area contributed by atoms with Gasteiger partial charge in [0.1, 0.15) is 5.01 Å². The van der Waals surface area contributed by atoms with Gasteiger partial charge in [-0.05, 0) is 43.2 Å². The van der Waals surface area contributed by atoms with Crippen LogP contribution in [0.5, 0.6) is 0 Å². The summed E-state index contributed by atoms with van der Waals surface area (Å²) in [5, 5.41) is 17.9. The zero-order valence-corrected chi connectivity index (χ0v) is 16.4. The first kappa shape index (κ1) is 19.6. The molecule has 0 spiro atoms. The molecule has 1 amide bonds. The quantitative estimate of drug-likeness (QED) is 0.786. The third kappa shape index (κ3) is 4.26. The van der Waals surface area contributed by atoms with Crippen LogP contribution in [0.25, 0.3) is 0 Å². The van der Waals surface area contributed by atoms with E-state index in [1.807, 2.05) is 13.0 Å². The molecule has 4 rings (SSSR count). The average Bonchev–Trinajstić information content (AvgIpc) is 2.84. The lowest BCUT2D eigenvalue weighted by Gasteiger charge is -2.26. The van der Waals surface area contributed by atoms with E-state index in [9.17, 15) is 4.79 Å². The number of amides is 1. The molecule has 0 aromatic carbocycles. The van der Waals surface area contributed by atoms with Crippen molar-refractivity contribution in [3.63, 3.8) is 0 Å². The molecule has 9 heteroatoms. The molecule has 2 saturated carbocycles. The van der Waals surface area contributed by atoms with Gasteiger partial charge >= 0.3 is 0 Å². The van der Waals surface area contributed by atoms with Crippen molar-refractivity contribution in [3.8, 4) is 0 Å². The third-order valence-corrected chi connectivity index (χ3v) is 6.06. The number of halogens is 2. The number of hydrogen-bond acceptors (Lipinski definition) is 6. The van der Waals surface area contributed by atoms with Crippen LogP contribution in [0.4, 0.5) is 5.13 Å². The summed E-state index contributed by atoms with van der Waals surface area (Å²) < 4.78 is 0. The van der Waals surface area contributed by atoms with Gasteiger partial charge in [0.25, 0.3) is 5.91 Å². The van der Waals surface area contributed by atoms with Crippen molar-refractivity contribution in [1.82, 2.24) is 15.5 Å². The SMILES string of the molecule is Cc1nnc(NC(=O)c2cc([C@@H]3C[C@H]3NC3CCC3)cs2)s1.Cl.Cl. The first-order chi connectivity index (χ1) is 10.7. The minimum absolute atomic E-state index is 0. The molecular formula is C15H20Cl2N4OS2. The minimum Gasteiger partial charge on any atom is -0.311 e. The van der Waals surface area contributed by atoms with Gasteiger partial charge in [-0.3, -0.25) is 10.1 Å². The molecule has 0 aliphatic heterocycles. The topological polar surface area (TPSA) is 66.9 Å². The van der Waals surface area contributed by atoms with Gasteiger partial charge in [-0.2, -0.15) is 0 Å². The smallest absolute Gasteiger partial charge is 0.267 e. The summed E-state index contributed by atoms with van der Waals surface area (Å²) in [6, 6.07) is 3.37. The van der Waals surface area contributed by atoms with Crippen LogP contribution in [0.3, 0.4) is 0 Å². The lowest BCUT2D eigenvalue weighted by atomic mass is 9.93. The van der Waals surface area contributed by atoms with Crippen LogP contribution >= 0.6 is 47.5 Å². The van der Waals surface area contributed by atoms with Crippen LogP contribution < -0.4 is 10.6 Å². The molecule has 2 aliphatic rings. The molecule has 2 heterocycles. The Kier molecular flexibility index (Phi) is 6.61. The molecule has 2 aliphatic carbocycles. The van der Waals surface area contributed by atoms with E-state index < -0.39 is 0 Å². The predicted molar refractivity (Wildman–Crippen MR) is 103 cm³/mol. The fourth-order valence-corrected chi connectivity index (χ4v) is 4.25. The van der Waals surface area contributed by atoms with Crippen molar-refractivity contribution >= 4 is 58.5 Å². The molecule has 0 radical (unpaired) electrons. The van der Waals surface area contributed by atoms with E-state index in [0.717, 1.165) is 15.9 Å². The number of nitrogens with zero attached hydrogens (tertiary/aromatic N) is 2. The van der Waals surface area contributed by atoms with Crippen molar-refractivity contribution < 1.29 is 4.79 Å². The Hall–Kier alpha value is -0.730. The van der Waals surface area contributed by atoms with Crippen molar-refractivity contribution in [3.05, 3.63) is 26.9 Å². The summed E-state index contributed by atoms with van der Waals surface area (Å²) in [5.74, 6) is 0.499. The minimum atomic E-state index is -0.0865. The number of thiophene rings is 1. The highest BCUT2D eigenvalue weighted by molar-refractivity contribution is 7.15.